The Kier molecular flexibility index (Phi) is 6.74. The molecule has 1 unspecified atom stereocenters. The second kappa shape index (κ2) is 9.26. The fourth-order valence-corrected chi connectivity index (χ4v) is 3.53. The van der Waals surface area contributed by atoms with E-state index in [4.69, 9.17) is 9.47 Å². The van der Waals surface area contributed by atoms with E-state index in [2.05, 4.69) is 25.0 Å². The highest BCUT2D eigenvalue weighted by Gasteiger charge is 2.23. The van der Waals surface area contributed by atoms with E-state index in [1.165, 1.54) is 0 Å². The molecule has 29 heavy (non-hydrogen) atoms. The highest BCUT2D eigenvalue weighted by molar-refractivity contribution is 5.78. The summed E-state index contributed by atoms with van der Waals surface area (Å²) in [7, 11) is 3.33. The van der Waals surface area contributed by atoms with Crippen LogP contribution in [0, 0.1) is 5.92 Å². The topological polar surface area (TPSA) is 81.5 Å². The standard InChI is InChI=1S/C21H31N5O3/c1-14(2)21(27)22-15(3)20-24-23-19-6-7-25(8-9-26(19)20)13-16-10-17(28-4)12-18(11-16)29-5/h10-12,14-15H,6-9,13H2,1-5H3,(H,22,27). The summed E-state index contributed by atoms with van der Waals surface area (Å²) in [6.07, 6.45) is 0.818. The van der Waals surface area contributed by atoms with Gasteiger partial charge in [-0.05, 0) is 24.6 Å². The number of amides is 1. The van der Waals surface area contributed by atoms with Gasteiger partial charge in [0.05, 0.1) is 20.3 Å². The number of nitrogens with zero attached hydrogens (tertiary/aromatic N) is 4. The Bertz CT molecular complexity index is 827. The molecule has 0 spiro atoms. The predicted molar refractivity (Wildman–Crippen MR) is 110 cm³/mol. The Morgan fingerprint density at radius 3 is 2.38 bits per heavy atom. The van der Waals surface area contributed by atoms with E-state index >= 15 is 0 Å². The van der Waals surface area contributed by atoms with Gasteiger partial charge >= 0.3 is 0 Å². The SMILES string of the molecule is COc1cc(CN2CCc3nnc(C(C)NC(=O)C(C)C)n3CC2)cc(OC)c1. The number of carbonyl (C=O) groups is 1. The maximum atomic E-state index is 12.0. The van der Waals surface area contributed by atoms with Crippen LogP contribution in [0.15, 0.2) is 18.2 Å². The third-order valence-corrected chi connectivity index (χ3v) is 5.24. The number of methoxy groups -OCH3 is 2. The van der Waals surface area contributed by atoms with Crippen molar-refractivity contribution in [2.75, 3.05) is 27.3 Å². The lowest BCUT2D eigenvalue weighted by atomic mass is 10.2. The fraction of sp³-hybridized carbons (Fsp3) is 0.571. The van der Waals surface area contributed by atoms with Crippen LogP contribution in [0.2, 0.25) is 0 Å². The van der Waals surface area contributed by atoms with E-state index in [1.807, 2.05) is 39.0 Å². The number of hydrogen-bond acceptors (Lipinski definition) is 6. The lowest BCUT2D eigenvalue weighted by Crippen LogP contribution is -2.32. The molecule has 1 aromatic heterocycles. The van der Waals surface area contributed by atoms with Crippen LogP contribution in [0.5, 0.6) is 11.5 Å². The summed E-state index contributed by atoms with van der Waals surface area (Å²) in [6, 6.07) is 5.80. The first-order chi connectivity index (χ1) is 13.9. The average Bonchev–Trinajstić information content (AvgIpc) is 3.02. The summed E-state index contributed by atoms with van der Waals surface area (Å²) in [6.45, 7) is 9.10. The van der Waals surface area contributed by atoms with Crippen molar-refractivity contribution in [3.8, 4) is 11.5 Å². The lowest BCUT2D eigenvalue weighted by Gasteiger charge is -2.21. The third kappa shape index (κ3) is 5.06. The number of fused-ring (bicyclic) bond motifs is 1. The van der Waals surface area contributed by atoms with E-state index in [9.17, 15) is 4.79 Å². The second-order valence-electron chi connectivity index (χ2n) is 7.76. The molecule has 0 saturated heterocycles. The maximum absolute atomic E-state index is 12.0. The molecule has 1 atom stereocenters. The molecule has 0 fully saturated rings. The number of carbonyl (C=O) groups excluding carboxylic acids is 1. The molecular formula is C21H31N5O3. The summed E-state index contributed by atoms with van der Waals surface area (Å²) in [5.74, 6) is 3.35. The number of benzene rings is 1. The van der Waals surface area contributed by atoms with Crippen LogP contribution >= 0.6 is 0 Å². The minimum atomic E-state index is -0.166. The van der Waals surface area contributed by atoms with Crippen LogP contribution in [0.1, 0.15) is 44.0 Å². The van der Waals surface area contributed by atoms with Crippen molar-refractivity contribution in [2.24, 2.45) is 5.92 Å². The summed E-state index contributed by atoms with van der Waals surface area (Å²) < 4.78 is 12.9. The number of hydrogen-bond donors (Lipinski definition) is 1. The molecule has 2 heterocycles. The molecule has 1 aliphatic rings. The van der Waals surface area contributed by atoms with Crippen LogP contribution < -0.4 is 14.8 Å². The van der Waals surface area contributed by atoms with Gasteiger partial charge < -0.3 is 19.4 Å². The Hall–Kier alpha value is -2.61. The minimum Gasteiger partial charge on any atom is -0.497 e. The van der Waals surface area contributed by atoms with Gasteiger partial charge in [-0.1, -0.05) is 13.8 Å². The first-order valence-electron chi connectivity index (χ1n) is 10.1. The molecule has 8 heteroatoms. The van der Waals surface area contributed by atoms with Crippen LogP contribution in [-0.4, -0.2) is 52.9 Å². The number of rotatable bonds is 7. The van der Waals surface area contributed by atoms with Gasteiger partial charge in [0.25, 0.3) is 0 Å². The highest BCUT2D eigenvalue weighted by atomic mass is 16.5. The number of aromatic nitrogens is 3. The Morgan fingerprint density at radius 1 is 1.07 bits per heavy atom. The van der Waals surface area contributed by atoms with Gasteiger partial charge in [0.15, 0.2) is 5.82 Å². The molecule has 1 aliphatic heterocycles. The predicted octanol–water partition coefficient (Wildman–Crippen LogP) is 2.19. The fourth-order valence-electron chi connectivity index (χ4n) is 3.53. The van der Waals surface area contributed by atoms with Gasteiger partial charge in [-0.3, -0.25) is 9.69 Å². The zero-order valence-electron chi connectivity index (χ0n) is 17.9. The molecule has 1 N–H and O–H groups in total. The first kappa shape index (κ1) is 21.1. The van der Waals surface area contributed by atoms with Gasteiger partial charge in [-0.2, -0.15) is 0 Å². The van der Waals surface area contributed by atoms with Crippen molar-refractivity contribution >= 4 is 5.91 Å². The number of ether oxygens (including phenoxy) is 2. The molecule has 0 aliphatic carbocycles. The molecule has 2 aromatic rings. The van der Waals surface area contributed by atoms with E-state index in [1.54, 1.807) is 14.2 Å². The second-order valence-corrected chi connectivity index (χ2v) is 7.76. The summed E-state index contributed by atoms with van der Waals surface area (Å²) in [5.41, 5.74) is 1.15. The highest BCUT2D eigenvalue weighted by Crippen LogP contribution is 2.24. The minimum absolute atomic E-state index is 0.0251. The van der Waals surface area contributed by atoms with Crippen molar-refractivity contribution in [3.05, 3.63) is 35.4 Å². The molecule has 158 valence electrons. The van der Waals surface area contributed by atoms with Crippen molar-refractivity contribution < 1.29 is 14.3 Å². The van der Waals surface area contributed by atoms with Crippen LogP contribution in [-0.2, 0) is 24.3 Å². The third-order valence-electron chi connectivity index (χ3n) is 5.24. The molecule has 0 saturated carbocycles. The molecule has 3 rings (SSSR count). The van der Waals surface area contributed by atoms with Gasteiger partial charge in [0, 0.05) is 44.6 Å². The van der Waals surface area contributed by atoms with Gasteiger partial charge in [-0.15, -0.1) is 10.2 Å². The Balaban J connectivity index is 1.68. The summed E-state index contributed by atoms with van der Waals surface area (Å²) in [5, 5.41) is 11.8. The quantitative estimate of drug-likeness (QED) is 0.766. The van der Waals surface area contributed by atoms with Crippen LogP contribution in [0.3, 0.4) is 0 Å². The smallest absolute Gasteiger partial charge is 0.223 e. The summed E-state index contributed by atoms with van der Waals surface area (Å²) >= 11 is 0. The van der Waals surface area contributed by atoms with Crippen molar-refractivity contribution in [2.45, 2.75) is 46.3 Å². The molecule has 0 bridgehead atoms. The molecule has 8 nitrogen and oxygen atoms in total. The lowest BCUT2D eigenvalue weighted by molar-refractivity contribution is -0.124. The number of nitrogens with one attached hydrogen (secondary N) is 1. The average molecular weight is 402 g/mol. The zero-order chi connectivity index (χ0) is 21.0. The molecular weight excluding hydrogens is 370 g/mol. The first-order valence-corrected chi connectivity index (χ1v) is 10.1. The largest absolute Gasteiger partial charge is 0.497 e. The molecule has 1 amide bonds. The van der Waals surface area contributed by atoms with Crippen LogP contribution in [0.4, 0.5) is 0 Å². The normalized spacial score (nSPS) is 15.5. The molecule has 1 aromatic carbocycles. The Labute approximate surface area is 172 Å². The van der Waals surface area contributed by atoms with Crippen molar-refractivity contribution in [3.63, 3.8) is 0 Å². The van der Waals surface area contributed by atoms with Crippen LogP contribution in [0.25, 0.3) is 0 Å². The van der Waals surface area contributed by atoms with E-state index in [0.717, 1.165) is 61.3 Å². The zero-order valence-corrected chi connectivity index (χ0v) is 17.9. The van der Waals surface area contributed by atoms with Crippen molar-refractivity contribution in [1.29, 1.82) is 0 Å². The van der Waals surface area contributed by atoms with E-state index < -0.39 is 0 Å². The van der Waals surface area contributed by atoms with Gasteiger partial charge in [-0.25, -0.2) is 0 Å². The van der Waals surface area contributed by atoms with E-state index in [-0.39, 0.29) is 17.9 Å². The van der Waals surface area contributed by atoms with Gasteiger partial charge in [0.2, 0.25) is 5.91 Å². The van der Waals surface area contributed by atoms with E-state index in [0.29, 0.717) is 0 Å². The van der Waals surface area contributed by atoms with Gasteiger partial charge in [0.1, 0.15) is 17.3 Å². The summed E-state index contributed by atoms with van der Waals surface area (Å²) in [4.78, 5) is 14.4. The molecule has 0 radical (unpaired) electrons. The monoisotopic (exact) mass is 401 g/mol. The maximum Gasteiger partial charge on any atom is 0.223 e. The van der Waals surface area contributed by atoms with Crippen molar-refractivity contribution in [1.82, 2.24) is 25.0 Å². The Morgan fingerprint density at radius 2 is 1.76 bits per heavy atom.